The van der Waals surface area contributed by atoms with E-state index in [9.17, 15) is 0 Å². The minimum atomic E-state index is -0.195. The van der Waals surface area contributed by atoms with Gasteiger partial charge in [-0.3, -0.25) is 9.22 Å². The molecule has 7 unspecified atom stereocenters. The molecule has 0 amide bonds. The van der Waals surface area contributed by atoms with E-state index < -0.39 is 0 Å². The highest BCUT2D eigenvalue weighted by molar-refractivity contribution is 5.80. The number of hydrogen-bond donors (Lipinski definition) is 0. The first-order valence-electron chi connectivity index (χ1n) is 11.4. The Kier molecular flexibility index (Phi) is 2.87. The molecule has 1 spiro atoms. The second kappa shape index (κ2) is 5.27. The van der Waals surface area contributed by atoms with Crippen molar-refractivity contribution in [3.05, 3.63) is 59.7 Å². The first kappa shape index (κ1) is 16.3. The Balaban J connectivity index is 1.34. The van der Waals surface area contributed by atoms with Crippen LogP contribution in [0.5, 0.6) is 11.5 Å². The molecule has 6 aliphatic rings. The standard InChI is InChI=1S/C25H26N2O3/c1-3-10-21-16(6-1)12-26-18-8-5-9-20(18)27-13-17-7-2-4-11-22(17)30-24-23(19(26)14-28-21)25(24,27)29-15-27/h1-4,6-7,10-12,18-20,23-24H,5,8-9,13-15H2/q+2. The summed E-state index contributed by atoms with van der Waals surface area (Å²) in [6.07, 6.45) is 6.34. The van der Waals surface area contributed by atoms with Gasteiger partial charge in [-0.25, -0.2) is 4.58 Å². The zero-order valence-corrected chi connectivity index (χ0v) is 16.9. The highest BCUT2D eigenvalue weighted by Crippen LogP contribution is 2.69. The number of fused-ring (bicyclic) bond motifs is 7. The van der Waals surface area contributed by atoms with Gasteiger partial charge < -0.3 is 9.47 Å². The van der Waals surface area contributed by atoms with Gasteiger partial charge in [0.2, 0.25) is 12.1 Å². The summed E-state index contributed by atoms with van der Waals surface area (Å²) in [7, 11) is 0. The quantitative estimate of drug-likeness (QED) is 0.502. The van der Waals surface area contributed by atoms with E-state index in [2.05, 4.69) is 59.3 Å². The van der Waals surface area contributed by atoms with Gasteiger partial charge >= 0.3 is 0 Å². The molecule has 2 saturated carbocycles. The van der Waals surface area contributed by atoms with Crippen LogP contribution in [0.15, 0.2) is 48.5 Å². The minimum Gasteiger partial charge on any atom is -0.486 e. The predicted octanol–water partition coefficient (Wildman–Crippen LogP) is 2.91. The molecule has 0 bridgehead atoms. The van der Waals surface area contributed by atoms with E-state index >= 15 is 0 Å². The van der Waals surface area contributed by atoms with E-state index in [0.29, 0.717) is 30.7 Å². The van der Waals surface area contributed by atoms with Gasteiger partial charge in [0.05, 0.1) is 5.56 Å². The second-order valence-electron chi connectivity index (χ2n) is 9.95. The van der Waals surface area contributed by atoms with Crippen molar-refractivity contribution in [3.63, 3.8) is 0 Å². The van der Waals surface area contributed by atoms with Crippen LogP contribution in [-0.4, -0.2) is 58.6 Å². The van der Waals surface area contributed by atoms with Crippen LogP contribution in [0.25, 0.3) is 0 Å². The molecule has 30 heavy (non-hydrogen) atoms. The van der Waals surface area contributed by atoms with Crippen molar-refractivity contribution in [2.75, 3.05) is 13.3 Å². The number of ether oxygens (including phenoxy) is 3. The van der Waals surface area contributed by atoms with E-state index in [4.69, 9.17) is 14.2 Å². The molecule has 2 aromatic carbocycles. The Bertz CT molecular complexity index is 1120. The Morgan fingerprint density at radius 3 is 2.73 bits per heavy atom. The third-order valence-corrected chi connectivity index (χ3v) is 8.88. The fraction of sp³-hybridized carbons (Fsp3) is 0.480. The van der Waals surface area contributed by atoms with Gasteiger partial charge in [-0.15, -0.1) is 0 Å². The minimum absolute atomic E-state index is 0.113. The van der Waals surface area contributed by atoms with Crippen molar-refractivity contribution >= 4 is 6.21 Å². The van der Waals surface area contributed by atoms with E-state index in [1.54, 1.807) is 0 Å². The number of nitrogens with zero attached hydrogens (tertiary/aromatic N) is 2. The average molecular weight is 402 g/mol. The summed E-state index contributed by atoms with van der Waals surface area (Å²) in [5, 5.41) is 0. The van der Waals surface area contributed by atoms with Crippen molar-refractivity contribution in [3.8, 4) is 11.5 Å². The van der Waals surface area contributed by atoms with Crippen molar-refractivity contribution in [2.24, 2.45) is 5.92 Å². The molecule has 5 nitrogen and oxygen atoms in total. The lowest BCUT2D eigenvalue weighted by atomic mass is 10.0. The Morgan fingerprint density at radius 2 is 1.83 bits per heavy atom. The molecule has 4 aliphatic heterocycles. The van der Waals surface area contributed by atoms with Crippen molar-refractivity contribution in [1.82, 2.24) is 0 Å². The molecular formula is C25H26N2O3+2. The zero-order valence-electron chi connectivity index (χ0n) is 16.9. The molecule has 5 heteroatoms. The van der Waals surface area contributed by atoms with Crippen LogP contribution < -0.4 is 9.47 Å². The molecule has 0 N–H and O–H groups in total. The molecule has 2 saturated heterocycles. The number of quaternary nitrogens is 1. The van der Waals surface area contributed by atoms with Crippen LogP contribution in [-0.2, 0) is 11.3 Å². The number of benzene rings is 2. The smallest absolute Gasteiger partial charge is 0.262 e. The molecule has 8 rings (SSSR count). The molecule has 0 radical (unpaired) electrons. The van der Waals surface area contributed by atoms with Gasteiger partial charge in [-0.2, -0.15) is 0 Å². The van der Waals surface area contributed by atoms with Gasteiger partial charge in [-0.1, -0.05) is 24.3 Å². The Hall–Kier alpha value is -2.37. The summed E-state index contributed by atoms with van der Waals surface area (Å²) in [5.74, 6) is 2.40. The predicted molar refractivity (Wildman–Crippen MR) is 110 cm³/mol. The SMILES string of the molecule is C1=[N+]2C(COc3ccccc31)C1C3Oc4ccccc4C[N+]4(COC314)C1CCCC12. The maximum absolute atomic E-state index is 6.70. The molecule has 4 heterocycles. The fourth-order valence-corrected chi connectivity index (χ4v) is 7.63. The highest BCUT2D eigenvalue weighted by atomic mass is 16.6. The van der Waals surface area contributed by atoms with Gasteiger partial charge in [0.1, 0.15) is 18.0 Å². The fourth-order valence-electron chi connectivity index (χ4n) is 7.63. The first-order valence-corrected chi connectivity index (χ1v) is 11.4. The summed E-state index contributed by atoms with van der Waals surface area (Å²) in [5.41, 5.74) is 2.35. The lowest BCUT2D eigenvalue weighted by Crippen LogP contribution is -2.75. The summed E-state index contributed by atoms with van der Waals surface area (Å²) in [4.78, 5) is 0. The van der Waals surface area contributed by atoms with Crippen LogP contribution in [0, 0.1) is 5.92 Å². The Labute approximate surface area is 176 Å². The molecule has 7 atom stereocenters. The van der Waals surface area contributed by atoms with Crippen LogP contribution >= 0.6 is 0 Å². The van der Waals surface area contributed by atoms with E-state index in [0.717, 1.165) is 29.3 Å². The lowest BCUT2D eigenvalue weighted by molar-refractivity contribution is -1.10. The van der Waals surface area contributed by atoms with Gasteiger partial charge in [0.15, 0.2) is 37.6 Å². The second-order valence-corrected chi connectivity index (χ2v) is 9.95. The van der Waals surface area contributed by atoms with Crippen LogP contribution in [0.4, 0.5) is 0 Å². The molecule has 152 valence electrons. The topological polar surface area (TPSA) is 30.7 Å². The highest BCUT2D eigenvalue weighted by Gasteiger charge is 2.93. The summed E-state index contributed by atoms with van der Waals surface area (Å²) in [6, 6.07) is 18.5. The normalized spacial score (nSPS) is 43.7. The maximum atomic E-state index is 6.70. The number of hydrogen-bond acceptors (Lipinski definition) is 3. The molecule has 2 aromatic rings. The lowest BCUT2D eigenvalue weighted by Gasteiger charge is -2.54. The van der Waals surface area contributed by atoms with Gasteiger partial charge in [0, 0.05) is 18.4 Å². The van der Waals surface area contributed by atoms with Crippen molar-refractivity contribution < 1.29 is 23.3 Å². The number of rotatable bonds is 0. The number of para-hydroxylation sites is 2. The average Bonchev–Trinajstić information content (AvgIpc) is 3.30. The van der Waals surface area contributed by atoms with Gasteiger partial charge in [0.25, 0.3) is 5.72 Å². The molecule has 2 aliphatic carbocycles. The largest absolute Gasteiger partial charge is 0.486 e. The summed E-state index contributed by atoms with van der Waals surface area (Å²) < 4.78 is 23.4. The van der Waals surface area contributed by atoms with E-state index in [1.165, 1.54) is 30.4 Å². The van der Waals surface area contributed by atoms with Crippen molar-refractivity contribution in [2.45, 2.75) is 55.8 Å². The van der Waals surface area contributed by atoms with Gasteiger partial charge in [-0.05, 0) is 30.7 Å². The van der Waals surface area contributed by atoms with Crippen molar-refractivity contribution in [1.29, 1.82) is 0 Å². The molecule has 4 fully saturated rings. The van der Waals surface area contributed by atoms with Crippen LogP contribution in [0.1, 0.15) is 30.4 Å². The molecule has 0 aromatic heterocycles. The summed E-state index contributed by atoms with van der Waals surface area (Å²) in [6.45, 7) is 2.56. The van der Waals surface area contributed by atoms with Crippen LogP contribution in [0.3, 0.4) is 0 Å². The third kappa shape index (κ3) is 1.70. The maximum Gasteiger partial charge on any atom is 0.262 e. The first-order chi connectivity index (χ1) is 14.8. The third-order valence-electron chi connectivity index (χ3n) is 8.88. The Morgan fingerprint density at radius 1 is 0.967 bits per heavy atom. The zero-order chi connectivity index (χ0) is 19.5. The van der Waals surface area contributed by atoms with E-state index in [1.807, 2.05) is 0 Å². The molecular weight excluding hydrogens is 376 g/mol. The van der Waals surface area contributed by atoms with Crippen LogP contribution in [0.2, 0.25) is 0 Å². The summed E-state index contributed by atoms with van der Waals surface area (Å²) >= 11 is 0. The van der Waals surface area contributed by atoms with E-state index in [-0.39, 0.29) is 11.8 Å². The monoisotopic (exact) mass is 402 g/mol.